The molecule has 0 aromatic carbocycles. The number of aliphatic hydroxyl groups excluding tert-OH is 1. The second-order valence-corrected chi connectivity index (χ2v) is 1.72. The van der Waals surface area contributed by atoms with Crippen molar-refractivity contribution in [2.45, 2.75) is 13.0 Å². The zero-order chi connectivity index (χ0) is 7.98. The van der Waals surface area contributed by atoms with Crippen LogP contribution in [0.5, 0.6) is 0 Å². The molecule has 0 radical (unpaired) electrons. The number of methoxy groups -OCH3 is 1. The number of rotatable bonds is 4. The molecule has 0 unspecified atom stereocenters. The molecule has 60 valence electrons. The predicted molar refractivity (Wildman–Crippen MR) is 34.5 cm³/mol. The number of aliphatic hydroxyl groups is 1. The fourth-order valence-electron chi connectivity index (χ4n) is 0.464. The smallest absolute Gasteiger partial charge is 0.337 e. The third-order valence-electron chi connectivity index (χ3n) is 0.883. The SMILES string of the molecule is CCOC(=O)[C@@H](O)COC. The van der Waals surface area contributed by atoms with Gasteiger partial charge in [-0.05, 0) is 6.92 Å². The van der Waals surface area contributed by atoms with Gasteiger partial charge in [0.2, 0.25) is 0 Å². The van der Waals surface area contributed by atoms with E-state index in [1.807, 2.05) is 0 Å². The number of carbonyl (C=O) groups excluding carboxylic acids is 1. The standard InChI is InChI=1S/C6H12O4/c1-3-10-6(8)5(7)4-9-2/h5,7H,3-4H2,1-2H3/t5-/m0/s1. The summed E-state index contributed by atoms with van der Waals surface area (Å²) in [5, 5.41) is 8.85. The molecule has 0 fully saturated rings. The minimum absolute atomic E-state index is 0.0150. The van der Waals surface area contributed by atoms with Crippen molar-refractivity contribution in [1.29, 1.82) is 0 Å². The molecule has 0 aliphatic rings. The van der Waals surface area contributed by atoms with Crippen LogP contribution in [0, 0.1) is 0 Å². The van der Waals surface area contributed by atoms with Crippen molar-refractivity contribution >= 4 is 5.97 Å². The minimum atomic E-state index is -1.15. The van der Waals surface area contributed by atoms with Gasteiger partial charge in [-0.1, -0.05) is 0 Å². The van der Waals surface area contributed by atoms with Crippen molar-refractivity contribution < 1.29 is 19.4 Å². The van der Waals surface area contributed by atoms with Crippen molar-refractivity contribution in [2.24, 2.45) is 0 Å². The molecule has 0 bridgehead atoms. The van der Waals surface area contributed by atoms with Gasteiger partial charge in [-0.15, -0.1) is 0 Å². The number of hydrogen-bond acceptors (Lipinski definition) is 4. The molecule has 0 saturated heterocycles. The molecular formula is C6H12O4. The number of carbonyl (C=O) groups is 1. The van der Waals surface area contributed by atoms with Crippen LogP contribution in [0.4, 0.5) is 0 Å². The van der Waals surface area contributed by atoms with Crippen LogP contribution in [0.2, 0.25) is 0 Å². The quantitative estimate of drug-likeness (QED) is 0.549. The maximum atomic E-state index is 10.6. The number of ether oxygens (including phenoxy) is 2. The Balaban J connectivity index is 3.49. The van der Waals surface area contributed by atoms with E-state index >= 15 is 0 Å². The van der Waals surface area contributed by atoms with Gasteiger partial charge in [0.05, 0.1) is 13.2 Å². The molecule has 0 amide bonds. The van der Waals surface area contributed by atoms with Gasteiger partial charge in [-0.2, -0.15) is 0 Å². The third kappa shape index (κ3) is 3.42. The van der Waals surface area contributed by atoms with Gasteiger partial charge in [0.25, 0.3) is 0 Å². The molecule has 1 N–H and O–H groups in total. The van der Waals surface area contributed by atoms with Crippen molar-refractivity contribution in [3.05, 3.63) is 0 Å². The van der Waals surface area contributed by atoms with Crippen molar-refractivity contribution in [1.82, 2.24) is 0 Å². The summed E-state index contributed by atoms with van der Waals surface area (Å²) in [6, 6.07) is 0. The summed E-state index contributed by atoms with van der Waals surface area (Å²) in [5.41, 5.74) is 0. The Morgan fingerprint density at radius 3 is 2.70 bits per heavy atom. The molecule has 4 heteroatoms. The highest BCUT2D eigenvalue weighted by Gasteiger charge is 2.14. The molecular weight excluding hydrogens is 136 g/mol. The lowest BCUT2D eigenvalue weighted by molar-refractivity contribution is -0.155. The summed E-state index contributed by atoms with van der Waals surface area (Å²) in [6.45, 7) is 1.94. The lowest BCUT2D eigenvalue weighted by atomic mass is 10.4. The Morgan fingerprint density at radius 1 is 1.70 bits per heavy atom. The van der Waals surface area contributed by atoms with Gasteiger partial charge >= 0.3 is 5.97 Å². The van der Waals surface area contributed by atoms with Crippen LogP contribution in [0.1, 0.15) is 6.92 Å². The second kappa shape index (κ2) is 5.20. The highest BCUT2D eigenvalue weighted by atomic mass is 16.6. The van der Waals surface area contributed by atoms with E-state index in [1.165, 1.54) is 7.11 Å². The Labute approximate surface area is 59.7 Å². The maximum absolute atomic E-state index is 10.6. The van der Waals surface area contributed by atoms with E-state index in [2.05, 4.69) is 9.47 Å². The van der Waals surface area contributed by atoms with Crippen LogP contribution in [0.3, 0.4) is 0 Å². The summed E-state index contributed by atoms with van der Waals surface area (Å²) in [7, 11) is 1.41. The Kier molecular flexibility index (Phi) is 4.88. The van der Waals surface area contributed by atoms with Crippen LogP contribution < -0.4 is 0 Å². The monoisotopic (exact) mass is 148 g/mol. The predicted octanol–water partition coefficient (Wildman–Crippen LogP) is -0.443. The van der Waals surface area contributed by atoms with Crippen molar-refractivity contribution in [3.63, 3.8) is 0 Å². The average Bonchev–Trinajstić information content (AvgIpc) is 1.89. The van der Waals surface area contributed by atoms with Crippen LogP contribution >= 0.6 is 0 Å². The maximum Gasteiger partial charge on any atom is 0.337 e. The van der Waals surface area contributed by atoms with Gasteiger partial charge in [-0.25, -0.2) is 4.79 Å². The Morgan fingerprint density at radius 2 is 2.30 bits per heavy atom. The fourth-order valence-corrected chi connectivity index (χ4v) is 0.464. The van der Waals surface area contributed by atoms with E-state index in [0.29, 0.717) is 0 Å². The molecule has 0 saturated carbocycles. The first-order valence-electron chi connectivity index (χ1n) is 3.06. The molecule has 0 rings (SSSR count). The van der Waals surface area contributed by atoms with Gasteiger partial charge in [0.15, 0.2) is 6.10 Å². The lowest BCUT2D eigenvalue weighted by Crippen LogP contribution is -2.27. The topological polar surface area (TPSA) is 55.8 Å². The second-order valence-electron chi connectivity index (χ2n) is 1.72. The first-order chi connectivity index (χ1) is 4.72. The third-order valence-corrected chi connectivity index (χ3v) is 0.883. The van der Waals surface area contributed by atoms with Crippen LogP contribution in [-0.2, 0) is 14.3 Å². The molecule has 0 aliphatic heterocycles. The lowest BCUT2D eigenvalue weighted by Gasteiger charge is -2.06. The zero-order valence-corrected chi connectivity index (χ0v) is 6.16. The fraction of sp³-hybridized carbons (Fsp3) is 0.833. The van der Waals surface area contributed by atoms with E-state index in [-0.39, 0.29) is 13.2 Å². The molecule has 0 heterocycles. The zero-order valence-electron chi connectivity index (χ0n) is 6.16. The summed E-state index contributed by atoms with van der Waals surface area (Å²) in [6.07, 6.45) is -1.15. The summed E-state index contributed by atoms with van der Waals surface area (Å²) < 4.78 is 9.01. The first kappa shape index (κ1) is 9.39. The molecule has 0 spiro atoms. The van der Waals surface area contributed by atoms with E-state index in [0.717, 1.165) is 0 Å². The van der Waals surface area contributed by atoms with Gasteiger partial charge in [0, 0.05) is 7.11 Å². The first-order valence-corrected chi connectivity index (χ1v) is 3.06. The Bertz CT molecular complexity index is 102. The van der Waals surface area contributed by atoms with Gasteiger partial charge in [0.1, 0.15) is 0 Å². The highest BCUT2D eigenvalue weighted by Crippen LogP contribution is 1.88. The van der Waals surface area contributed by atoms with E-state index in [9.17, 15) is 4.79 Å². The van der Waals surface area contributed by atoms with Gasteiger partial charge < -0.3 is 14.6 Å². The van der Waals surface area contributed by atoms with Gasteiger partial charge in [-0.3, -0.25) is 0 Å². The molecule has 4 nitrogen and oxygen atoms in total. The molecule has 0 aromatic rings. The highest BCUT2D eigenvalue weighted by molar-refractivity contribution is 5.74. The number of esters is 1. The molecule has 0 aliphatic carbocycles. The van der Waals surface area contributed by atoms with E-state index in [4.69, 9.17) is 5.11 Å². The minimum Gasteiger partial charge on any atom is -0.464 e. The average molecular weight is 148 g/mol. The largest absolute Gasteiger partial charge is 0.464 e. The molecule has 0 aromatic heterocycles. The van der Waals surface area contributed by atoms with Crippen molar-refractivity contribution in [3.8, 4) is 0 Å². The Hall–Kier alpha value is -0.610. The van der Waals surface area contributed by atoms with Crippen LogP contribution in [0.15, 0.2) is 0 Å². The molecule has 1 atom stereocenters. The van der Waals surface area contributed by atoms with Crippen LogP contribution in [-0.4, -0.2) is 37.5 Å². The molecule has 10 heavy (non-hydrogen) atoms. The van der Waals surface area contributed by atoms with Crippen molar-refractivity contribution in [2.75, 3.05) is 20.3 Å². The summed E-state index contributed by atoms with van der Waals surface area (Å²) >= 11 is 0. The summed E-state index contributed by atoms with van der Waals surface area (Å²) in [5.74, 6) is -0.635. The van der Waals surface area contributed by atoms with Crippen LogP contribution in [0.25, 0.3) is 0 Å². The van der Waals surface area contributed by atoms with E-state index < -0.39 is 12.1 Å². The number of hydrogen-bond donors (Lipinski definition) is 1. The van der Waals surface area contributed by atoms with E-state index in [1.54, 1.807) is 6.92 Å². The summed E-state index contributed by atoms with van der Waals surface area (Å²) in [4.78, 5) is 10.6. The normalized spacial score (nSPS) is 12.7.